The lowest BCUT2D eigenvalue weighted by Gasteiger charge is -2.37. The Morgan fingerprint density at radius 1 is 1.20 bits per heavy atom. The summed E-state index contributed by atoms with van der Waals surface area (Å²) >= 11 is 0. The summed E-state index contributed by atoms with van der Waals surface area (Å²) in [5.74, 6) is 0.857. The fourth-order valence-electron chi connectivity index (χ4n) is 4.36. The Balaban J connectivity index is 1.33. The first-order valence-corrected chi connectivity index (χ1v) is 10.8. The Hall–Kier alpha value is -2.58. The third-order valence-corrected chi connectivity index (χ3v) is 6.03. The topological polar surface area (TPSA) is 96.8 Å². The number of imidazole rings is 1. The summed E-state index contributed by atoms with van der Waals surface area (Å²) in [5.41, 5.74) is 0.320. The minimum atomic E-state index is -0.603. The normalized spacial score (nSPS) is 20.9. The second kappa shape index (κ2) is 7.59. The molecule has 30 heavy (non-hydrogen) atoms. The van der Waals surface area contributed by atoms with Gasteiger partial charge in [-0.2, -0.15) is 0 Å². The van der Waals surface area contributed by atoms with Crippen LogP contribution >= 0.6 is 0 Å². The highest BCUT2D eigenvalue weighted by Gasteiger charge is 2.42. The van der Waals surface area contributed by atoms with Crippen LogP contribution < -0.4 is 5.32 Å². The lowest BCUT2D eigenvalue weighted by atomic mass is 10.0. The number of nitrogens with zero attached hydrogens (tertiary/aromatic N) is 4. The van der Waals surface area contributed by atoms with E-state index in [4.69, 9.17) is 4.74 Å². The average molecular weight is 418 g/mol. The van der Waals surface area contributed by atoms with E-state index in [1.165, 1.54) is 0 Å². The molecule has 1 aromatic heterocycles. The summed E-state index contributed by atoms with van der Waals surface area (Å²) in [7, 11) is 0. The average Bonchev–Trinajstić information content (AvgIpc) is 3.37. The van der Waals surface area contributed by atoms with Crippen LogP contribution in [0.3, 0.4) is 0 Å². The van der Waals surface area contributed by atoms with Gasteiger partial charge in [-0.3, -0.25) is 9.36 Å². The molecule has 1 aromatic rings. The predicted octanol–water partition coefficient (Wildman–Crippen LogP) is 2.27. The monoisotopic (exact) mass is 417 g/mol. The second-order valence-corrected chi connectivity index (χ2v) is 9.56. The van der Waals surface area contributed by atoms with Gasteiger partial charge in [-0.05, 0) is 59.3 Å². The molecule has 3 heterocycles. The van der Waals surface area contributed by atoms with E-state index in [1.54, 1.807) is 31.5 Å². The van der Waals surface area contributed by atoms with Crippen LogP contribution in [0.15, 0.2) is 6.20 Å². The number of nitrogens with one attached hydrogen (secondary N) is 1. The van der Waals surface area contributed by atoms with E-state index >= 15 is 0 Å². The standard InChI is InChI=1S/C21H31N5O4/c1-13-22-11-16-12-25(20(29)26(13)16)15-7-9-24(10-8-15)18(27)17(14-5-6-14)23-19(28)30-21(2,3)4/h11,14-15,17H,5-10,12H2,1-4H3,(H,23,28). The molecular formula is C21H31N5O4. The van der Waals surface area contributed by atoms with Crippen molar-refractivity contribution in [1.29, 1.82) is 0 Å². The molecule has 164 valence electrons. The molecule has 0 spiro atoms. The van der Waals surface area contributed by atoms with Gasteiger partial charge in [0.25, 0.3) is 0 Å². The van der Waals surface area contributed by atoms with Crippen LogP contribution in [-0.4, -0.2) is 68.2 Å². The number of hydrogen-bond donors (Lipinski definition) is 1. The highest BCUT2D eigenvalue weighted by atomic mass is 16.6. The van der Waals surface area contributed by atoms with E-state index in [0.29, 0.717) is 25.5 Å². The van der Waals surface area contributed by atoms with Crippen molar-refractivity contribution < 1.29 is 19.1 Å². The number of fused-ring (bicyclic) bond motifs is 1. The van der Waals surface area contributed by atoms with Crippen molar-refractivity contribution in [1.82, 2.24) is 24.7 Å². The van der Waals surface area contributed by atoms with Crippen LogP contribution in [0.4, 0.5) is 9.59 Å². The molecule has 0 radical (unpaired) electrons. The van der Waals surface area contributed by atoms with E-state index in [-0.39, 0.29) is 23.9 Å². The Kier molecular flexibility index (Phi) is 5.23. The number of rotatable bonds is 4. The van der Waals surface area contributed by atoms with Crippen molar-refractivity contribution in [3.8, 4) is 0 Å². The molecule has 1 N–H and O–H groups in total. The van der Waals surface area contributed by atoms with E-state index < -0.39 is 17.7 Å². The molecule has 9 heteroatoms. The number of aromatic nitrogens is 2. The molecule has 0 aromatic carbocycles. The van der Waals surface area contributed by atoms with E-state index in [1.807, 2.05) is 16.7 Å². The molecule has 3 aliphatic rings. The van der Waals surface area contributed by atoms with Gasteiger partial charge in [-0.25, -0.2) is 14.6 Å². The zero-order chi connectivity index (χ0) is 21.6. The van der Waals surface area contributed by atoms with Gasteiger partial charge in [0, 0.05) is 19.1 Å². The summed E-state index contributed by atoms with van der Waals surface area (Å²) in [6.07, 6.45) is 4.57. The number of hydrogen-bond acceptors (Lipinski definition) is 5. The van der Waals surface area contributed by atoms with E-state index in [2.05, 4.69) is 10.3 Å². The largest absolute Gasteiger partial charge is 0.444 e. The molecule has 2 aliphatic heterocycles. The quantitative estimate of drug-likeness (QED) is 0.811. The van der Waals surface area contributed by atoms with Crippen molar-refractivity contribution in [2.24, 2.45) is 5.92 Å². The summed E-state index contributed by atoms with van der Waals surface area (Å²) in [6.45, 7) is 8.99. The van der Waals surface area contributed by atoms with Gasteiger partial charge in [0.1, 0.15) is 17.5 Å². The number of carbonyl (C=O) groups is 3. The van der Waals surface area contributed by atoms with Gasteiger partial charge >= 0.3 is 12.1 Å². The van der Waals surface area contributed by atoms with Crippen molar-refractivity contribution in [3.63, 3.8) is 0 Å². The number of aryl methyl sites for hydroxylation is 1. The lowest BCUT2D eigenvalue weighted by molar-refractivity contribution is -0.135. The minimum Gasteiger partial charge on any atom is -0.444 e. The van der Waals surface area contributed by atoms with Crippen LogP contribution in [-0.2, 0) is 16.1 Å². The van der Waals surface area contributed by atoms with Crippen LogP contribution in [0.2, 0.25) is 0 Å². The number of ether oxygens (including phenoxy) is 1. The summed E-state index contributed by atoms with van der Waals surface area (Å²) < 4.78 is 7.01. The minimum absolute atomic E-state index is 0.0211. The maximum absolute atomic E-state index is 13.1. The second-order valence-electron chi connectivity index (χ2n) is 9.56. The van der Waals surface area contributed by atoms with Crippen LogP contribution in [0.1, 0.15) is 58.0 Å². The first kappa shape index (κ1) is 20.7. The molecule has 1 unspecified atom stereocenters. The van der Waals surface area contributed by atoms with Crippen molar-refractivity contribution in [2.75, 3.05) is 13.1 Å². The molecule has 2 fully saturated rings. The van der Waals surface area contributed by atoms with Crippen LogP contribution in [0.25, 0.3) is 0 Å². The van der Waals surface area contributed by atoms with Crippen molar-refractivity contribution in [3.05, 3.63) is 17.7 Å². The van der Waals surface area contributed by atoms with Crippen molar-refractivity contribution >= 4 is 18.0 Å². The third kappa shape index (κ3) is 4.15. The number of amides is 3. The maximum atomic E-state index is 13.1. The van der Waals surface area contributed by atoms with Gasteiger partial charge in [0.05, 0.1) is 18.4 Å². The molecule has 0 bridgehead atoms. The molecule has 4 rings (SSSR count). The fourth-order valence-corrected chi connectivity index (χ4v) is 4.36. The molecular weight excluding hydrogens is 386 g/mol. The first-order valence-electron chi connectivity index (χ1n) is 10.8. The number of alkyl carbamates (subject to hydrolysis) is 1. The number of likely N-dealkylation sites (tertiary alicyclic amines) is 1. The highest BCUT2D eigenvalue weighted by Crippen LogP contribution is 2.34. The van der Waals surface area contributed by atoms with Crippen molar-refractivity contribution in [2.45, 2.75) is 77.6 Å². The first-order chi connectivity index (χ1) is 14.1. The molecule has 1 atom stereocenters. The fraction of sp³-hybridized carbons (Fsp3) is 0.714. The van der Waals surface area contributed by atoms with E-state index in [9.17, 15) is 14.4 Å². The van der Waals surface area contributed by atoms with Gasteiger partial charge < -0.3 is 19.9 Å². The highest BCUT2D eigenvalue weighted by molar-refractivity contribution is 5.86. The Morgan fingerprint density at radius 2 is 1.87 bits per heavy atom. The molecule has 1 saturated heterocycles. The number of carbonyl (C=O) groups excluding carboxylic acids is 3. The SMILES string of the molecule is Cc1ncc2n1C(=O)N(C1CCN(C(=O)C(NC(=O)OC(C)(C)C)C3CC3)CC1)C2. The third-order valence-electron chi connectivity index (χ3n) is 6.03. The summed E-state index contributed by atoms with van der Waals surface area (Å²) in [4.78, 5) is 46.0. The Labute approximate surface area is 176 Å². The molecule has 1 saturated carbocycles. The molecule has 3 amide bonds. The zero-order valence-corrected chi connectivity index (χ0v) is 18.2. The summed E-state index contributed by atoms with van der Waals surface area (Å²) in [5, 5.41) is 2.79. The van der Waals surface area contributed by atoms with Gasteiger partial charge in [0.15, 0.2) is 0 Å². The van der Waals surface area contributed by atoms with Crippen LogP contribution in [0.5, 0.6) is 0 Å². The smallest absolute Gasteiger partial charge is 0.408 e. The lowest BCUT2D eigenvalue weighted by Crippen LogP contribution is -2.54. The van der Waals surface area contributed by atoms with Crippen LogP contribution in [0, 0.1) is 12.8 Å². The molecule has 9 nitrogen and oxygen atoms in total. The Morgan fingerprint density at radius 3 is 2.43 bits per heavy atom. The zero-order valence-electron chi connectivity index (χ0n) is 18.2. The summed E-state index contributed by atoms with van der Waals surface area (Å²) in [6, 6.07) is -0.439. The maximum Gasteiger partial charge on any atom is 0.408 e. The molecule has 1 aliphatic carbocycles. The van der Waals surface area contributed by atoms with E-state index in [0.717, 1.165) is 31.4 Å². The Bertz CT molecular complexity index is 846. The van der Waals surface area contributed by atoms with Gasteiger partial charge in [0.2, 0.25) is 5.91 Å². The number of piperidine rings is 1. The predicted molar refractivity (Wildman–Crippen MR) is 109 cm³/mol. The van der Waals surface area contributed by atoms with Gasteiger partial charge in [-0.1, -0.05) is 0 Å². The van der Waals surface area contributed by atoms with Gasteiger partial charge in [-0.15, -0.1) is 0 Å².